The highest BCUT2D eigenvalue weighted by molar-refractivity contribution is 14.1. The van der Waals surface area contributed by atoms with Crippen molar-refractivity contribution >= 4 is 51.7 Å². The van der Waals surface area contributed by atoms with Gasteiger partial charge in [-0.3, -0.25) is 9.59 Å². The average Bonchev–Trinajstić information content (AvgIpc) is 3.38. The molecule has 0 saturated heterocycles. The summed E-state index contributed by atoms with van der Waals surface area (Å²) in [6, 6.07) is 12.5. The molecule has 1 aliphatic carbocycles. The normalized spacial score (nSPS) is 13.2. The molecular formula is C18H16ClIN2O3. The highest BCUT2D eigenvalue weighted by Gasteiger charge is 2.24. The van der Waals surface area contributed by atoms with Gasteiger partial charge in [-0.2, -0.15) is 0 Å². The first-order valence-corrected chi connectivity index (χ1v) is 9.25. The first-order valence-electron chi connectivity index (χ1n) is 7.80. The summed E-state index contributed by atoms with van der Waals surface area (Å²) >= 11 is 8.35. The number of carbonyl (C=O) groups excluding carboxylic acids is 2. The zero-order chi connectivity index (χ0) is 17.8. The lowest BCUT2D eigenvalue weighted by Gasteiger charge is -2.10. The van der Waals surface area contributed by atoms with E-state index in [9.17, 15) is 9.59 Å². The number of amides is 2. The van der Waals surface area contributed by atoms with Crippen LogP contribution in [0.25, 0.3) is 0 Å². The minimum Gasteiger partial charge on any atom is -0.484 e. The Morgan fingerprint density at radius 3 is 2.52 bits per heavy atom. The fourth-order valence-electron chi connectivity index (χ4n) is 2.14. The number of hydrogen-bond donors (Lipinski definition) is 2. The van der Waals surface area contributed by atoms with Crippen LogP contribution in [-0.2, 0) is 4.79 Å². The van der Waals surface area contributed by atoms with Gasteiger partial charge in [-0.15, -0.1) is 0 Å². The number of carbonyl (C=O) groups is 2. The van der Waals surface area contributed by atoms with Gasteiger partial charge >= 0.3 is 0 Å². The minimum absolute atomic E-state index is 0.109. The number of rotatable bonds is 6. The SMILES string of the molecule is O=C(COc1ccc(I)cc1)Nc1ccc(C(=O)NC2CC2)c(Cl)c1. The Bertz CT molecular complexity index is 791. The van der Waals surface area contributed by atoms with Gasteiger partial charge in [-0.1, -0.05) is 11.6 Å². The third kappa shape index (κ3) is 5.34. The van der Waals surface area contributed by atoms with Gasteiger partial charge < -0.3 is 15.4 Å². The van der Waals surface area contributed by atoms with Crippen LogP contribution in [0.2, 0.25) is 5.02 Å². The van der Waals surface area contributed by atoms with Crippen molar-refractivity contribution in [3.8, 4) is 5.75 Å². The Hall–Kier alpha value is -1.80. The van der Waals surface area contributed by atoms with Crippen LogP contribution in [-0.4, -0.2) is 24.5 Å². The molecule has 0 heterocycles. The number of hydrogen-bond acceptors (Lipinski definition) is 3. The van der Waals surface area contributed by atoms with Crippen molar-refractivity contribution in [3.05, 3.63) is 56.6 Å². The lowest BCUT2D eigenvalue weighted by atomic mass is 10.2. The Morgan fingerprint density at radius 1 is 1.16 bits per heavy atom. The topological polar surface area (TPSA) is 67.4 Å². The Labute approximate surface area is 164 Å². The lowest BCUT2D eigenvalue weighted by Crippen LogP contribution is -2.25. The lowest BCUT2D eigenvalue weighted by molar-refractivity contribution is -0.118. The van der Waals surface area contributed by atoms with E-state index < -0.39 is 0 Å². The Balaban J connectivity index is 1.54. The quantitative estimate of drug-likeness (QED) is 0.630. The summed E-state index contributed by atoms with van der Waals surface area (Å²) in [5.74, 6) is 0.137. The van der Waals surface area contributed by atoms with E-state index in [0.717, 1.165) is 16.4 Å². The van der Waals surface area contributed by atoms with Gasteiger partial charge in [0.25, 0.3) is 11.8 Å². The molecule has 0 radical (unpaired) electrons. The van der Waals surface area contributed by atoms with Crippen LogP contribution in [0.15, 0.2) is 42.5 Å². The van der Waals surface area contributed by atoms with E-state index in [1.165, 1.54) is 0 Å². The molecule has 0 bridgehead atoms. The van der Waals surface area contributed by atoms with Crippen molar-refractivity contribution in [1.29, 1.82) is 0 Å². The molecule has 1 saturated carbocycles. The second-order valence-electron chi connectivity index (χ2n) is 5.73. The van der Waals surface area contributed by atoms with E-state index in [1.54, 1.807) is 30.3 Å². The summed E-state index contributed by atoms with van der Waals surface area (Å²) in [6.45, 7) is -0.109. The first kappa shape index (κ1) is 18.0. The molecule has 2 amide bonds. The molecule has 2 aromatic carbocycles. The van der Waals surface area contributed by atoms with Crippen LogP contribution in [0.1, 0.15) is 23.2 Å². The van der Waals surface area contributed by atoms with Gasteiger partial charge in [0.05, 0.1) is 10.6 Å². The van der Waals surface area contributed by atoms with Crippen molar-refractivity contribution in [2.24, 2.45) is 0 Å². The highest BCUT2D eigenvalue weighted by Crippen LogP contribution is 2.24. The van der Waals surface area contributed by atoms with Crippen LogP contribution in [0.3, 0.4) is 0 Å². The molecular weight excluding hydrogens is 455 g/mol. The minimum atomic E-state index is -0.301. The number of nitrogens with one attached hydrogen (secondary N) is 2. The molecule has 0 unspecified atom stereocenters. The second-order valence-corrected chi connectivity index (χ2v) is 7.39. The molecule has 130 valence electrons. The van der Waals surface area contributed by atoms with Crippen molar-refractivity contribution in [2.45, 2.75) is 18.9 Å². The van der Waals surface area contributed by atoms with Gasteiger partial charge in [0.1, 0.15) is 5.75 Å². The maximum absolute atomic E-state index is 12.0. The number of ether oxygens (including phenoxy) is 1. The summed E-state index contributed by atoms with van der Waals surface area (Å²) in [5, 5.41) is 5.88. The first-order chi connectivity index (χ1) is 12.0. The molecule has 2 N–H and O–H groups in total. The maximum atomic E-state index is 12.0. The van der Waals surface area contributed by atoms with E-state index in [1.807, 2.05) is 12.1 Å². The fraction of sp³-hybridized carbons (Fsp3) is 0.222. The van der Waals surface area contributed by atoms with E-state index >= 15 is 0 Å². The van der Waals surface area contributed by atoms with Crippen molar-refractivity contribution in [2.75, 3.05) is 11.9 Å². The molecule has 3 rings (SSSR count). The molecule has 1 aliphatic rings. The number of halogens is 2. The smallest absolute Gasteiger partial charge is 0.262 e. The Kier molecular flexibility index (Phi) is 5.80. The summed E-state index contributed by atoms with van der Waals surface area (Å²) in [7, 11) is 0. The van der Waals surface area contributed by atoms with E-state index in [-0.39, 0.29) is 24.5 Å². The predicted molar refractivity (Wildman–Crippen MR) is 105 cm³/mol. The fourth-order valence-corrected chi connectivity index (χ4v) is 2.77. The van der Waals surface area contributed by atoms with E-state index in [0.29, 0.717) is 22.0 Å². The molecule has 0 aromatic heterocycles. The molecule has 0 atom stereocenters. The largest absolute Gasteiger partial charge is 0.484 e. The van der Waals surface area contributed by atoms with Crippen molar-refractivity contribution in [1.82, 2.24) is 5.32 Å². The third-order valence-electron chi connectivity index (χ3n) is 3.59. The number of benzene rings is 2. The molecule has 25 heavy (non-hydrogen) atoms. The molecule has 0 aliphatic heterocycles. The average molecular weight is 471 g/mol. The number of anilines is 1. The third-order valence-corrected chi connectivity index (χ3v) is 4.63. The van der Waals surface area contributed by atoms with Gasteiger partial charge in [-0.05, 0) is 77.9 Å². The monoisotopic (exact) mass is 470 g/mol. The van der Waals surface area contributed by atoms with E-state index in [4.69, 9.17) is 16.3 Å². The van der Waals surface area contributed by atoms with Gasteiger partial charge in [-0.25, -0.2) is 0 Å². The van der Waals surface area contributed by atoms with Crippen LogP contribution in [0.4, 0.5) is 5.69 Å². The second kappa shape index (κ2) is 8.05. The van der Waals surface area contributed by atoms with Gasteiger partial charge in [0.15, 0.2) is 6.61 Å². The van der Waals surface area contributed by atoms with Crippen molar-refractivity contribution in [3.63, 3.8) is 0 Å². The standard InChI is InChI=1S/C18H16ClIN2O3/c19-16-9-13(5-8-15(16)18(24)22-12-3-4-12)21-17(23)10-25-14-6-1-11(20)2-7-14/h1-2,5-9,12H,3-4,10H2,(H,21,23)(H,22,24). The molecule has 2 aromatic rings. The molecule has 1 fully saturated rings. The van der Waals surface area contributed by atoms with Crippen LogP contribution in [0.5, 0.6) is 5.75 Å². The van der Waals surface area contributed by atoms with Gasteiger partial charge in [0, 0.05) is 15.3 Å². The summed E-state index contributed by atoms with van der Waals surface area (Å²) < 4.78 is 6.52. The molecule has 7 heteroatoms. The van der Waals surface area contributed by atoms with Gasteiger partial charge in [0.2, 0.25) is 0 Å². The Morgan fingerprint density at radius 2 is 1.88 bits per heavy atom. The molecule has 5 nitrogen and oxygen atoms in total. The zero-order valence-electron chi connectivity index (χ0n) is 13.2. The molecule has 0 spiro atoms. The maximum Gasteiger partial charge on any atom is 0.262 e. The van der Waals surface area contributed by atoms with Crippen LogP contribution >= 0.6 is 34.2 Å². The zero-order valence-corrected chi connectivity index (χ0v) is 16.1. The summed E-state index contributed by atoms with van der Waals surface area (Å²) in [5.41, 5.74) is 0.922. The van der Waals surface area contributed by atoms with Crippen molar-refractivity contribution < 1.29 is 14.3 Å². The van der Waals surface area contributed by atoms with E-state index in [2.05, 4.69) is 33.2 Å². The summed E-state index contributed by atoms with van der Waals surface area (Å²) in [4.78, 5) is 24.0. The highest BCUT2D eigenvalue weighted by atomic mass is 127. The van der Waals surface area contributed by atoms with Crippen LogP contribution < -0.4 is 15.4 Å². The predicted octanol–water partition coefficient (Wildman–Crippen LogP) is 3.85. The van der Waals surface area contributed by atoms with Crippen LogP contribution in [0, 0.1) is 3.57 Å². The summed E-state index contributed by atoms with van der Waals surface area (Å²) in [6.07, 6.45) is 2.02.